The predicted octanol–water partition coefficient (Wildman–Crippen LogP) is 4.16. The predicted molar refractivity (Wildman–Crippen MR) is 68.2 cm³/mol. The first-order chi connectivity index (χ1) is 8.38. The molecule has 0 amide bonds. The third-order valence-corrected chi connectivity index (χ3v) is 3.72. The molecular weight excluding hydrogens is 210 g/mol. The Hall–Kier alpha value is -1.82. The maximum absolute atomic E-state index is 6.97. The van der Waals surface area contributed by atoms with E-state index in [0.717, 1.165) is 5.65 Å². The zero-order valence-electron chi connectivity index (χ0n) is 9.74. The van der Waals surface area contributed by atoms with Gasteiger partial charge in [-0.1, -0.05) is 31.9 Å². The summed E-state index contributed by atoms with van der Waals surface area (Å²) in [6, 6.07) is 3.85. The summed E-state index contributed by atoms with van der Waals surface area (Å²) in [5.74, 6) is 1.15. The first-order valence-electron chi connectivity index (χ1n) is 6.24. The molecule has 17 heavy (non-hydrogen) atoms. The minimum atomic E-state index is 0.467. The molecule has 3 rings (SSSR count). The van der Waals surface area contributed by atoms with Gasteiger partial charge in [0.05, 0.1) is 0 Å². The lowest BCUT2D eigenvalue weighted by atomic mass is 9.84. The number of pyridine rings is 1. The van der Waals surface area contributed by atoms with Crippen LogP contribution in [0.2, 0.25) is 0 Å². The molecule has 3 nitrogen and oxygen atoms in total. The zero-order valence-corrected chi connectivity index (χ0v) is 9.74. The molecule has 1 aliphatic carbocycles. The molecule has 0 aromatic carbocycles. The van der Waals surface area contributed by atoms with E-state index in [9.17, 15) is 0 Å². The molecule has 2 aromatic heterocycles. The van der Waals surface area contributed by atoms with E-state index in [4.69, 9.17) is 6.57 Å². The molecule has 0 spiro atoms. The molecule has 3 heteroatoms. The Morgan fingerprint density at radius 1 is 1.24 bits per heavy atom. The highest BCUT2D eigenvalue weighted by Gasteiger charge is 2.19. The summed E-state index contributed by atoms with van der Waals surface area (Å²) < 4.78 is 0. The van der Waals surface area contributed by atoms with E-state index in [1.807, 2.05) is 12.1 Å². The van der Waals surface area contributed by atoms with E-state index in [0.29, 0.717) is 11.7 Å². The second-order valence-corrected chi connectivity index (χ2v) is 4.76. The van der Waals surface area contributed by atoms with Crippen LogP contribution in [0.25, 0.3) is 15.9 Å². The Morgan fingerprint density at radius 2 is 2.06 bits per heavy atom. The Balaban J connectivity index is 2.03. The van der Waals surface area contributed by atoms with Gasteiger partial charge in [-0.15, -0.1) is 4.98 Å². The van der Waals surface area contributed by atoms with Gasteiger partial charge in [-0.2, -0.15) is 0 Å². The number of hydrogen-bond acceptors (Lipinski definition) is 1. The molecule has 1 N–H and O–H groups in total. The fraction of sp³-hybridized carbons (Fsp3) is 0.429. The van der Waals surface area contributed by atoms with E-state index >= 15 is 0 Å². The van der Waals surface area contributed by atoms with Crippen molar-refractivity contribution in [3.8, 4) is 0 Å². The van der Waals surface area contributed by atoms with Gasteiger partial charge >= 0.3 is 0 Å². The number of H-pyrrole nitrogens is 1. The smallest absolute Gasteiger partial charge is 0.271 e. The summed E-state index contributed by atoms with van der Waals surface area (Å²) in [7, 11) is 0. The molecule has 1 saturated carbocycles. The third kappa shape index (κ3) is 1.80. The Morgan fingerprint density at radius 3 is 2.82 bits per heavy atom. The molecule has 86 valence electrons. The molecule has 0 aliphatic heterocycles. The number of nitrogens with zero attached hydrogens (tertiary/aromatic N) is 2. The molecule has 0 radical (unpaired) electrons. The van der Waals surface area contributed by atoms with Crippen molar-refractivity contribution in [3.63, 3.8) is 0 Å². The van der Waals surface area contributed by atoms with Crippen molar-refractivity contribution in [1.29, 1.82) is 0 Å². The highest BCUT2D eigenvalue weighted by atomic mass is 14.9. The second kappa shape index (κ2) is 4.21. The Bertz CT molecular complexity index is 571. The summed E-state index contributed by atoms with van der Waals surface area (Å²) >= 11 is 0. The lowest BCUT2D eigenvalue weighted by Gasteiger charge is -2.20. The second-order valence-electron chi connectivity index (χ2n) is 4.76. The van der Waals surface area contributed by atoms with Crippen LogP contribution in [0.1, 0.15) is 43.6 Å². The van der Waals surface area contributed by atoms with Crippen LogP contribution in [0, 0.1) is 6.57 Å². The van der Waals surface area contributed by atoms with Crippen molar-refractivity contribution in [2.45, 2.75) is 38.0 Å². The summed E-state index contributed by atoms with van der Waals surface area (Å²) in [6.45, 7) is 6.97. The fourth-order valence-electron chi connectivity index (χ4n) is 2.83. The van der Waals surface area contributed by atoms with Crippen molar-refractivity contribution in [2.75, 3.05) is 0 Å². The lowest BCUT2D eigenvalue weighted by Crippen LogP contribution is -2.03. The number of rotatable bonds is 1. The Kier molecular flexibility index (Phi) is 2.56. The third-order valence-electron chi connectivity index (χ3n) is 3.72. The SMILES string of the molecule is [C-]#[N+]c1ccc2c(C3CCCCC3)c[nH]c2n1. The van der Waals surface area contributed by atoms with Crippen molar-refractivity contribution in [2.24, 2.45) is 0 Å². The summed E-state index contributed by atoms with van der Waals surface area (Å²) in [4.78, 5) is 10.9. The number of fused-ring (bicyclic) bond motifs is 1. The van der Waals surface area contributed by atoms with Gasteiger partial charge in [0.2, 0.25) is 5.65 Å². The van der Waals surface area contributed by atoms with E-state index in [1.54, 1.807) is 0 Å². The van der Waals surface area contributed by atoms with Crippen LogP contribution in [0.4, 0.5) is 5.82 Å². The van der Waals surface area contributed by atoms with Crippen molar-refractivity contribution in [3.05, 3.63) is 35.3 Å². The molecule has 1 fully saturated rings. The van der Waals surface area contributed by atoms with Crippen molar-refractivity contribution >= 4 is 16.9 Å². The normalized spacial score (nSPS) is 17.1. The van der Waals surface area contributed by atoms with Crippen LogP contribution in [-0.2, 0) is 0 Å². The maximum Gasteiger partial charge on any atom is 0.271 e. The number of hydrogen-bond donors (Lipinski definition) is 1. The molecule has 0 bridgehead atoms. The van der Waals surface area contributed by atoms with Crippen LogP contribution in [0.3, 0.4) is 0 Å². The van der Waals surface area contributed by atoms with Gasteiger partial charge in [0.1, 0.15) is 0 Å². The number of nitrogens with one attached hydrogen (secondary N) is 1. The highest BCUT2D eigenvalue weighted by Crippen LogP contribution is 2.36. The average molecular weight is 225 g/mol. The van der Waals surface area contributed by atoms with Crippen LogP contribution < -0.4 is 0 Å². The van der Waals surface area contributed by atoms with E-state index in [2.05, 4.69) is 21.0 Å². The monoisotopic (exact) mass is 225 g/mol. The van der Waals surface area contributed by atoms with Gasteiger partial charge < -0.3 is 9.83 Å². The largest absolute Gasteiger partial charge is 0.361 e. The molecule has 2 heterocycles. The van der Waals surface area contributed by atoms with Crippen molar-refractivity contribution < 1.29 is 0 Å². The number of aromatic amines is 1. The standard InChI is InChI=1S/C14H15N3/c1-15-13-8-7-11-12(9-16-14(11)17-13)10-5-3-2-4-6-10/h7-10H,2-6H2,(H,16,17). The molecule has 0 saturated heterocycles. The molecular formula is C14H15N3. The lowest BCUT2D eigenvalue weighted by molar-refractivity contribution is 0.445. The molecule has 2 aromatic rings. The average Bonchev–Trinajstić information content (AvgIpc) is 2.82. The van der Waals surface area contributed by atoms with Crippen LogP contribution in [0.5, 0.6) is 0 Å². The van der Waals surface area contributed by atoms with E-state index < -0.39 is 0 Å². The highest BCUT2D eigenvalue weighted by molar-refractivity contribution is 5.82. The zero-order chi connectivity index (χ0) is 11.7. The van der Waals surface area contributed by atoms with Gasteiger partial charge in [0.15, 0.2) is 0 Å². The van der Waals surface area contributed by atoms with Crippen LogP contribution >= 0.6 is 0 Å². The summed E-state index contributed by atoms with van der Waals surface area (Å²) in [5.41, 5.74) is 2.25. The first kappa shape index (κ1) is 10.3. The van der Waals surface area contributed by atoms with Gasteiger partial charge in [-0.05, 0) is 30.4 Å². The minimum absolute atomic E-state index is 0.467. The van der Waals surface area contributed by atoms with Crippen LogP contribution in [-0.4, -0.2) is 9.97 Å². The minimum Gasteiger partial charge on any atom is -0.361 e. The fourth-order valence-corrected chi connectivity index (χ4v) is 2.83. The van der Waals surface area contributed by atoms with Crippen LogP contribution in [0.15, 0.2) is 18.3 Å². The van der Waals surface area contributed by atoms with E-state index in [-0.39, 0.29) is 0 Å². The van der Waals surface area contributed by atoms with Gasteiger partial charge in [-0.25, -0.2) is 0 Å². The molecule has 1 aliphatic rings. The Labute approximate surface area is 101 Å². The first-order valence-corrected chi connectivity index (χ1v) is 6.24. The van der Waals surface area contributed by atoms with E-state index in [1.165, 1.54) is 43.1 Å². The number of aromatic nitrogens is 2. The summed E-state index contributed by atoms with van der Waals surface area (Å²) in [5, 5.41) is 1.20. The summed E-state index contributed by atoms with van der Waals surface area (Å²) in [6.07, 6.45) is 8.71. The van der Waals surface area contributed by atoms with Gasteiger partial charge in [0, 0.05) is 11.6 Å². The molecule has 0 unspecified atom stereocenters. The topological polar surface area (TPSA) is 33.0 Å². The van der Waals surface area contributed by atoms with Gasteiger partial charge in [-0.3, -0.25) is 0 Å². The van der Waals surface area contributed by atoms with Crippen molar-refractivity contribution in [1.82, 2.24) is 9.97 Å². The van der Waals surface area contributed by atoms with Gasteiger partial charge in [0.25, 0.3) is 5.82 Å². The molecule has 0 atom stereocenters. The maximum atomic E-state index is 6.97. The quantitative estimate of drug-likeness (QED) is 0.726.